The number of imide groups is 2. The molecular weight excluding hydrogens is 288 g/mol. The minimum Gasteiger partial charge on any atom is -0.283 e. The lowest BCUT2D eigenvalue weighted by Gasteiger charge is -2.37. The van der Waals surface area contributed by atoms with Gasteiger partial charge in [-0.2, -0.15) is 0 Å². The first-order valence-electron chi connectivity index (χ1n) is 7.65. The average Bonchev–Trinajstić information content (AvgIpc) is 2.99. The van der Waals surface area contributed by atoms with Crippen LogP contribution in [0.1, 0.15) is 25.7 Å². The van der Waals surface area contributed by atoms with Crippen molar-refractivity contribution >= 4 is 23.6 Å². The van der Waals surface area contributed by atoms with Gasteiger partial charge in [0.25, 0.3) is 0 Å². The summed E-state index contributed by atoms with van der Waals surface area (Å²) in [5.41, 5.74) is 0. The molecule has 0 unspecified atom stereocenters. The maximum absolute atomic E-state index is 11.6. The SMILES string of the molecule is O=C1CCC(=O)N1CN1CCN(CN2C(=O)CCC2=O)CC1. The van der Waals surface area contributed by atoms with Crippen LogP contribution in [0.15, 0.2) is 0 Å². The highest BCUT2D eigenvalue weighted by atomic mass is 16.2. The Kier molecular flexibility index (Phi) is 4.21. The van der Waals surface area contributed by atoms with Crippen molar-refractivity contribution in [1.29, 1.82) is 0 Å². The summed E-state index contributed by atoms with van der Waals surface area (Å²) in [6, 6.07) is 0. The minimum absolute atomic E-state index is 0.0966. The zero-order chi connectivity index (χ0) is 15.7. The number of piperazine rings is 1. The summed E-state index contributed by atoms with van der Waals surface area (Å²) < 4.78 is 0. The first-order valence-corrected chi connectivity index (χ1v) is 7.65. The van der Waals surface area contributed by atoms with Crippen LogP contribution in [0.4, 0.5) is 0 Å². The van der Waals surface area contributed by atoms with Gasteiger partial charge in [-0.15, -0.1) is 0 Å². The van der Waals surface area contributed by atoms with Crippen LogP contribution in [0.2, 0.25) is 0 Å². The monoisotopic (exact) mass is 308 g/mol. The van der Waals surface area contributed by atoms with Gasteiger partial charge < -0.3 is 0 Å². The number of amides is 4. The number of likely N-dealkylation sites (tertiary alicyclic amines) is 2. The van der Waals surface area contributed by atoms with Gasteiger partial charge in [-0.1, -0.05) is 0 Å². The van der Waals surface area contributed by atoms with Gasteiger partial charge in [0.15, 0.2) is 0 Å². The largest absolute Gasteiger partial charge is 0.283 e. The summed E-state index contributed by atoms with van der Waals surface area (Å²) >= 11 is 0. The summed E-state index contributed by atoms with van der Waals surface area (Å²) in [6.45, 7) is 3.57. The number of rotatable bonds is 4. The molecule has 0 saturated carbocycles. The maximum atomic E-state index is 11.6. The van der Waals surface area contributed by atoms with Crippen LogP contribution >= 0.6 is 0 Å². The highest BCUT2D eigenvalue weighted by molar-refractivity contribution is 6.02. The Morgan fingerprint density at radius 2 is 0.818 bits per heavy atom. The second-order valence-electron chi connectivity index (χ2n) is 5.95. The Balaban J connectivity index is 1.46. The van der Waals surface area contributed by atoms with E-state index < -0.39 is 0 Å². The molecule has 0 aliphatic carbocycles. The zero-order valence-electron chi connectivity index (χ0n) is 12.5. The van der Waals surface area contributed by atoms with Gasteiger partial charge in [0.1, 0.15) is 0 Å². The average molecular weight is 308 g/mol. The number of hydrogen-bond donors (Lipinski definition) is 0. The first-order chi connectivity index (χ1) is 10.5. The fourth-order valence-corrected chi connectivity index (χ4v) is 3.03. The molecule has 8 nitrogen and oxygen atoms in total. The summed E-state index contributed by atoms with van der Waals surface area (Å²) in [5, 5.41) is 0. The van der Waals surface area contributed by atoms with E-state index in [4.69, 9.17) is 0 Å². The molecule has 8 heteroatoms. The quantitative estimate of drug-likeness (QED) is 0.608. The molecule has 0 bridgehead atoms. The van der Waals surface area contributed by atoms with Crippen LogP contribution in [-0.2, 0) is 19.2 Å². The third-order valence-corrected chi connectivity index (χ3v) is 4.46. The lowest BCUT2D eigenvalue weighted by atomic mass is 10.3. The molecule has 3 rings (SSSR count). The maximum Gasteiger partial charge on any atom is 0.230 e. The van der Waals surface area contributed by atoms with E-state index in [0.717, 1.165) is 0 Å². The van der Waals surface area contributed by atoms with Gasteiger partial charge >= 0.3 is 0 Å². The van der Waals surface area contributed by atoms with Gasteiger partial charge in [0.2, 0.25) is 23.6 Å². The fraction of sp³-hybridized carbons (Fsp3) is 0.714. The normalized spacial score (nSPS) is 24.9. The molecule has 120 valence electrons. The van der Waals surface area contributed by atoms with Crippen molar-refractivity contribution in [2.24, 2.45) is 0 Å². The number of hydrogen-bond acceptors (Lipinski definition) is 6. The van der Waals surface area contributed by atoms with Crippen LogP contribution in [0.25, 0.3) is 0 Å². The van der Waals surface area contributed by atoms with Gasteiger partial charge in [0.05, 0.1) is 13.3 Å². The molecule has 0 atom stereocenters. The standard InChI is InChI=1S/C14H20N4O4/c19-11-1-2-12(20)17(11)9-15-5-7-16(8-6-15)10-18-13(21)3-4-14(18)22/h1-10H2. The van der Waals surface area contributed by atoms with Crippen LogP contribution in [-0.4, -0.2) is 82.7 Å². The van der Waals surface area contributed by atoms with Gasteiger partial charge in [-0.3, -0.25) is 38.8 Å². The van der Waals surface area contributed by atoms with Crippen molar-refractivity contribution in [2.45, 2.75) is 25.7 Å². The van der Waals surface area contributed by atoms with Crippen LogP contribution in [0.3, 0.4) is 0 Å². The molecule has 3 fully saturated rings. The Labute approximate surface area is 128 Å². The summed E-state index contributed by atoms with van der Waals surface area (Å²) in [6.07, 6.45) is 1.27. The van der Waals surface area contributed by atoms with E-state index in [-0.39, 0.29) is 23.6 Å². The Morgan fingerprint density at radius 3 is 1.09 bits per heavy atom. The minimum atomic E-state index is -0.0966. The van der Waals surface area contributed by atoms with Crippen molar-refractivity contribution < 1.29 is 19.2 Å². The zero-order valence-corrected chi connectivity index (χ0v) is 12.5. The Hall–Kier alpha value is -1.80. The van der Waals surface area contributed by atoms with E-state index in [0.29, 0.717) is 65.2 Å². The van der Waals surface area contributed by atoms with Crippen molar-refractivity contribution in [2.75, 3.05) is 39.5 Å². The molecule has 3 saturated heterocycles. The highest BCUT2D eigenvalue weighted by Crippen LogP contribution is 2.15. The molecule has 3 heterocycles. The lowest BCUT2D eigenvalue weighted by Crippen LogP contribution is -2.53. The molecule has 3 aliphatic rings. The Morgan fingerprint density at radius 1 is 0.545 bits per heavy atom. The van der Waals surface area contributed by atoms with E-state index in [2.05, 4.69) is 9.80 Å². The molecule has 3 aliphatic heterocycles. The Bertz CT molecular complexity index is 435. The van der Waals surface area contributed by atoms with E-state index in [1.54, 1.807) is 0 Å². The van der Waals surface area contributed by atoms with Crippen LogP contribution < -0.4 is 0 Å². The van der Waals surface area contributed by atoms with E-state index >= 15 is 0 Å². The molecule has 0 N–H and O–H groups in total. The summed E-state index contributed by atoms with van der Waals surface area (Å²) in [7, 11) is 0. The van der Waals surface area contributed by atoms with E-state index in [1.165, 1.54) is 9.80 Å². The smallest absolute Gasteiger partial charge is 0.230 e. The van der Waals surface area contributed by atoms with Gasteiger partial charge in [0, 0.05) is 51.9 Å². The molecular formula is C14H20N4O4. The molecule has 0 aromatic rings. The first kappa shape index (κ1) is 15.1. The van der Waals surface area contributed by atoms with Gasteiger partial charge in [-0.05, 0) is 0 Å². The number of carbonyl (C=O) groups excluding carboxylic acids is 4. The topological polar surface area (TPSA) is 81.2 Å². The second kappa shape index (κ2) is 6.13. The number of nitrogens with zero attached hydrogens (tertiary/aromatic N) is 4. The fourth-order valence-electron chi connectivity index (χ4n) is 3.03. The predicted octanol–water partition coefficient (Wildman–Crippen LogP) is -1.18. The van der Waals surface area contributed by atoms with Crippen LogP contribution in [0, 0.1) is 0 Å². The van der Waals surface area contributed by atoms with Crippen molar-refractivity contribution in [3.05, 3.63) is 0 Å². The van der Waals surface area contributed by atoms with Crippen molar-refractivity contribution in [3.63, 3.8) is 0 Å². The number of carbonyl (C=O) groups is 4. The molecule has 4 amide bonds. The van der Waals surface area contributed by atoms with Gasteiger partial charge in [-0.25, -0.2) is 0 Å². The third kappa shape index (κ3) is 3.02. The van der Waals surface area contributed by atoms with E-state index in [9.17, 15) is 19.2 Å². The molecule has 0 radical (unpaired) electrons. The van der Waals surface area contributed by atoms with Crippen molar-refractivity contribution in [3.8, 4) is 0 Å². The molecule has 0 spiro atoms. The molecule has 0 aromatic heterocycles. The van der Waals surface area contributed by atoms with Crippen molar-refractivity contribution in [1.82, 2.24) is 19.6 Å². The second-order valence-corrected chi connectivity index (χ2v) is 5.95. The summed E-state index contributed by atoms with van der Waals surface area (Å²) in [5.74, 6) is -0.386. The molecule has 22 heavy (non-hydrogen) atoms. The third-order valence-electron chi connectivity index (χ3n) is 4.46. The predicted molar refractivity (Wildman–Crippen MR) is 75.1 cm³/mol. The lowest BCUT2D eigenvalue weighted by molar-refractivity contribution is -0.144. The summed E-state index contributed by atoms with van der Waals surface area (Å²) in [4.78, 5) is 53.2. The highest BCUT2D eigenvalue weighted by Gasteiger charge is 2.33. The van der Waals surface area contributed by atoms with Crippen LogP contribution in [0.5, 0.6) is 0 Å². The molecule has 0 aromatic carbocycles. The van der Waals surface area contributed by atoms with E-state index in [1.807, 2.05) is 0 Å².